The number of rotatable bonds is 6. The zero-order valence-electron chi connectivity index (χ0n) is 14.1. The van der Waals surface area contributed by atoms with Gasteiger partial charge in [0.1, 0.15) is 5.75 Å². The van der Waals surface area contributed by atoms with Crippen molar-refractivity contribution in [2.24, 2.45) is 0 Å². The van der Waals surface area contributed by atoms with Gasteiger partial charge in [-0.05, 0) is 29.8 Å². The second kappa shape index (κ2) is 7.93. The number of nitrogens with one attached hydrogen (secondary N) is 3. The van der Waals surface area contributed by atoms with Gasteiger partial charge in [0.05, 0.1) is 25.8 Å². The minimum atomic E-state index is -0.363. The van der Waals surface area contributed by atoms with Crippen LogP contribution < -0.4 is 15.4 Å². The Balaban J connectivity index is 1.56. The van der Waals surface area contributed by atoms with Crippen LogP contribution in [0.4, 0.5) is 5.69 Å². The van der Waals surface area contributed by atoms with Crippen molar-refractivity contribution in [3.63, 3.8) is 0 Å². The molecule has 0 aliphatic heterocycles. The summed E-state index contributed by atoms with van der Waals surface area (Å²) in [6.45, 7) is -0.142. The lowest BCUT2D eigenvalue weighted by molar-refractivity contribution is -0.123. The van der Waals surface area contributed by atoms with E-state index >= 15 is 0 Å². The number of anilines is 1. The molecule has 7 heteroatoms. The molecule has 0 unspecified atom stereocenters. The molecule has 134 valence electrons. The summed E-state index contributed by atoms with van der Waals surface area (Å²) < 4.78 is 5.17. The molecule has 0 fully saturated rings. The van der Waals surface area contributed by atoms with Crippen molar-refractivity contribution >= 4 is 40.0 Å². The Kier molecular flexibility index (Phi) is 5.43. The summed E-state index contributed by atoms with van der Waals surface area (Å²) in [6.07, 6.45) is 2.00. The number of carbonyl (C=O) groups excluding carboxylic acids is 2. The highest BCUT2D eigenvalue weighted by molar-refractivity contribution is 6.31. The lowest BCUT2D eigenvalue weighted by Gasteiger charge is -2.11. The third-order valence-corrected chi connectivity index (χ3v) is 4.14. The van der Waals surface area contributed by atoms with Crippen LogP contribution in [0, 0.1) is 0 Å². The van der Waals surface area contributed by atoms with Crippen molar-refractivity contribution in [2.75, 3.05) is 19.0 Å². The molecule has 0 radical (unpaired) electrons. The number of benzene rings is 2. The predicted octanol–water partition coefficient (Wildman–Crippen LogP) is 3.13. The van der Waals surface area contributed by atoms with Crippen LogP contribution in [0.5, 0.6) is 5.75 Å². The predicted molar refractivity (Wildman–Crippen MR) is 102 cm³/mol. The Morgan fingerprint density at radius 3 is 2.77 bits per heavy atom. The normalized spacial score (nSPS) is 10.5. The fourth-order valence-corrected chi connectivity index (χ4v) is 2.84. The molecule has 0 saturated heterocycles. The van der Waals surface area contributed by atoms with Crippen LogP contribution in [0.3, 0.4) is 0 Å². The minimum absolute atomic E-state index is 0.142. The largest absolute Gasteiger partial charge is 0.495 e. The SMILES string of the molecule is COc1ccc(Cl)cc1NC(=O)CNC(=O)Cc1c[nH]c2ccccc12. The highest BCUT2D eigenvalue weighted by Gasteiger charge is 2.12. The molecule has 3 rings (SSSR count). The van der Waals surface area contributed by atoms with Crippen molar-refractivity contribution < 1.29 is 14.3 Å². The van der Waals surface area contributed by atoms with Crippen LogP contribution in [-0.2, 0) is 16.0 Å². The van der Waals surface area contributed by atoms with Gasteiger partial charge in [-0.15, -0.1) is 0 Å². The number of hydrogen-bond acceptors (Lipinski definition) is 3. The van der Waals surface area contributed by atoms with Crippen molar-refractivity contribution in [1.82, 2.24) is 10.3 Å². The highest BCUT2D eigenvalue weighted by Crippen LogP contribution is 2.27. The number of amides is 2. The number of ether oxygens (including phenoxy) is 1. The summed E-state index contributed by atoms with van der Waals surface area (Å²) in [7, 11) is 1.50. The highest BCUT2D eigenvalue weighted by atomic mass is 35.5. The number of H-pyrrole nitrogens is 1. The molecule has 0 atom stereocenters. The number of hydrogen-bond donors (Lipinski definition) is 3. The molecule has 3 N–H and O–H groups in total. The standard InChI is InChI=1S/C19H18ClN3O3/c1-26-17-7-6-13(20)9-16(17)23-19(25)11-22-18(24)8-12-10-21-15-5-3-2-4-14(12)15/h2-7,9-10,21H,8,11H2,1H3,(H,22,24)(H,23,25). The number of halogens is 1. The van der Waals surface area contributed by atoms with E-state index in [0.717, 1.165) is 16.5 Å². The Morgan fingerprint density at radius 2 is 1.96 bits per heavy atom. The first kappa shape index (κ1) is 17.8. The molecule has 26 heavy (non-hydrogen) atoms. The maximum atomic E-state index is 12.1. The fourth-order valence-electron chi connectivity index (χ4n) is 2.66. The maximum Gasteiger partial charge on any atom is 0.243 e. The Hall–Kier alpha value is -2.99. The molecule has 0 aliphatic rings. The van der Waals surface area contributed by atoms with Gasteiger partial charge in [0.2, 0.25) is 11.8 Å². The third kappa shape index (κ3) is 4.15. The van der Waals surface area contributed by atoms with Crippen LogP contribution in [0.2, 0.25) is 5.02 Å². The summed E-state index contributed by atoms with van der Waals surface area (Å²) >= 11 is 5.93. The van der Waals surface area contributed by atoms with Gasteiger partial charge in [0.15, 0.2) is 0 Å². The van der Waals surface area contributed by atoms with Gasteiger partial charge in [-0.1, -0.05) is 29.8 Å². The lowest BCUT2D eigenvalue weighted by atomic mass is 10.1. The second-order valence-electron chi connectivity index (χ2n) is 5.71. The number of para-hydroxylation sites is 1. The molecule has 0 aliphatic carbocycles. The first-order valence-electron chi connectivity index (χ1n) is 8.02. The molecule has 2 aromatic carbocycles. The van der Waals surface area contributed by atoms with Crippen molar-refractivity contribution in [1.29, 1.82) is 0 Å². The Labute approximate surface area is 155 Å². The topological polar surface area (TPSA) is 83.2 Å². The second-order valence-corrected chi connectivity index (χ2v) is 6.14. The number of methoxy groups -OCH3 is 1. The van der Waals surface area contributed by atoms with Crippen LogP contribution in [0.15, 0.2) is 48.7 Å². The van der Waals surface area contributed by atoms with E-state index in [0.29, 0.717) is 16.5 Å². The van der Waals surface area contributed by atoms with E-state index in [2.05, 4.69) is 15.6 Å². The molecule has 2 amide bonds. The molecule has 3 aromatic rings. The average molecular weight is 372 g/mol. The van der Waals surface area contributed by atoms with E-state index < -0.39 is 0 Å². The summed E-state index contributed by atoms with van der Waals surface area (Å²) in [6, 6.07) is 12.7. The van der Waals surface area contributed by atoms with Crippen LogP contribution in [0.25, 0.3) is 10.9 Å². The first-order valence-corrected chi connectivity index (χ1v) is 8.39. The van der Waals surface area contributed by atoms with E-state index in [1.165, 1.54) is 7.11 Å². The van der Waals surface area contributed by atoms with E-state index in [9.17, 15) is 9.59 Å². The summed E-state index contributed by atoms with van der Waals surface area (Å²) in [5.74, 6) is -0.103. The first-order chi connectivity index (χ1) is 12.6. The minimum Gasteiger partial charge on any atom is -0.495 e. The number of aromatic amines is 1. The van der Waals surface area contributed by atoms with Crippen molar-refractivity contribution in [3.8, 4) is 5.75 Å². The molecular weight excluding hydrogens is 354 g/mol. The maximum absolute atomic E-state index is 12.1. The summed E-state index contributed by atoms with van der Waals surface area (Å²) in [4.78, 5) is 27.3. The van der Waals surface area contributed by atoms with Gasteiger partial charge in [0, 0.05) is 22.1 Å². The Bertz CT molecular complexity index is 952. The van der Waals surface area contributed by atoms with E-state index in [1.807, 2.05) is 24.3 Å². The van der Waals surface area contributed by atoms with Crippen molar-refractivity contribution in [3.05, 3.63) is 59.2 Å². The zero-order valence-corrected chi connectivity index (χ0v) is 14.9. The monoisotopic (exact) mass is 371 g/mol. The van der Waals surface area contributed by atoms with Crippen LogP contribution in [0.1, 0.15) is 5.56 Å². The van der Waals surface area contributed by atoms with E-state index in [-0.39, 0.29) is 24.8 Å². The lowest BCUT2D eigenvalue weighted by Crippen LogP contribution is -2.33. The molecule has 0 bridgehead atoms. The third-order valence-electron chi connectivity index (χ3n) is 3.91. The van der Waals surface area contributed by atoms with Crippen molar-refractivity contribution in [2.45, 2.75) is 6.42 Å². The average Bonchev–Trinajstić information content (AvgIpc) is 3.03. The van der Waals surface area contributed by atoms with Gasteiger partial charge in [-0.2, -0.15) is 0 Å². The van der Waals surface area contributed by atoms with Crippen LogP contribution in [-0.4, -0.2) is 30.5 Å². The smallest absolute Gasteiger partial charge is 0.243 e. The van der Waals surface area contributed by atoms with Gasteiger partial charge < -0.3 is 20.4 Å². The molecule has 0 spiro atoms. The van der Waals surface area contributed by atoms with Gasteiger partial charge >= 0.3 is 0 Å². The van der Waals surface area contributed by atoms with Gasteiger partial charge in [-0.3, -0.25) is 9.59 Å². The Morgan fingerprint density at radius 1 is 1.15 bits per heavy atom. The molecular formula is C19H18ClN3O3. The summed E-state index contributed by atoms with van der Waals surface area (Å²) in [5.41, 5.74) is 2.31. The van der Waals surface area contributed by atoms with Gasteiger partial charge in [0.25, 0.3) is 0 Å². The molecule has 1 aromatic heterocycles. The van der Waals surface area contributed by atoms with Crippen LogP contribution >= 0.6 is 11.6 Å². The number of aromatic nitrogens is 1. The molecule has 0 saturated carbocycles. The number of fused-ring (bicyclic) bond motifs is 1. The summed E-state index contributed by atoms with van der Waals surface area (Å²) in [5, 5.41) is 6.77. The number of carbonyl (C=O) groups is 2. The zero-order chi connectivity index (χ0) is 18.5. The quantitative estimate of drug-likeness (QED) is 0.622. The van der Waals surface area contributed by atoms with E-state index in [1.54, 1.807) is 24.4 Å². The fraction of sp³-hybridized carbons (Fsp3) is 0.158. The molecule has 6 nitrogen and oxygen atoms in total. The molecule has 1 heterocycles. The van der Waals surface area contributed by atoms with Gasteiger partial charge in [-0.25, -0.2) is 0 Å². The van der Waals surface area contributed by atoms with E-state index in [4.69, 9.17) is 16.3 Å².